The maximum absolute atomic E-state index is 12.8. The predicted octanol–water partition coefficient (Wildman–Crippen LogP) is 4.88. The second-order valence-corrected chi connectivity index (χ2v) is 7.97. The number of benzene rings is 1. The second kappa shape index (κ2) is 6.96. The summed E-state index contributed by atoms with van der Waals surface area (Å²) in [5, 5.41) is 4.70. The third kappa shape index (κ3) is 3.48. The highest BCUT2D eigenvalue weighted by atomic mass is 32.1. The molecular weight excluding hydrogens is 356 g/mol. The molecule has 0 unspecified atom stereocenters. The highest BCUT2D eigenvalue weighted by molar-refractivity contribution is 7.21. The predicted molar refractivity (Wildman–Crippen MR) is 112 cm³/mol. The standard InChI is InChI=1S/C21H20N4OS/c1-12(2)9-14-7-8-16-18(22)19(27-21(16)25-14)20(26)24-15-10-13-5-3-4-6-17(13)23-11-15/h3-8,10-12H,9,22H2,1-2H3,(H,24,26). The van der Waals surface area contributed by atoms with Gasteiger partial charge in [-0.05, 0) is 36.6 Å². The number of nitrogens with zero attached hydrogens (tertiary/aromatic N) is 2. The van der Waals surface area contributed by atoms with Crippen molar-refractivity contribution in [1.82, 2.24) is 9.97 Å². The van der Waals surface area contributed by atoms with E-state index in [-0.39, 0.29) is 5.91 Å². The van der Waals surface area contributed by atoms with Crippen LogP contribution in [0.4, 0.5) is 11.4 Å². The van der Waals surface area contributed by atoms with Crippen LogP contribution in [-0.2, 0) is 6.42 Å². The first-order valence-electron chi connectivity index (χ1n) is 8.85. The van der Waals surface area contributed by atoms with E-state index in [4.69, 9.17) is 5.73 Å². The number of thiophene rings is 1. The van der Waals surface area contributed by atoms with Crippen molar-refractivity contribution in [1.29, 1.82) is 0 Å². The maximum Gasteiger partial charge on any atom is 0.267 e. The van der Waals surface area contributed by atoms with Crippen molar-refractivity contribution in [2.24, 2.45) is 5.92 Å². The number of nitrogens with two attached hydrogens (primary N) is 1. The molecule has 0 bridgehead atoms. The average molecular weight is 376 g/mol. The molecule has 4 rings (SSSR count). The molecule has 0 aliphatic carbocycles. The van der Waals surface area contributed by atoms with Crippen LogP contribution in [0.5, 0.6) is 0 Å². The highest BCUT2D eigenvalue weighted by Gasteiger charge is 2.18. The normalized spacial score (nSPS) is 11.4. The number of hydrogen-bond acceptors (Lipinski definition) is 5. The summed E-state index contributed by atoms with van der Waals surface area (Å²) in [5.41, 5.74) is 9.25. The van der Waals surface area contributed by atoms with Crippen LogP contribution in [0.15, 0.2) is 48.7 Å². The van der Waals surface area contributed by atoms with E-state index in [0.717, 1.165) is 33.2 Å². The number of aromatic nitrogens is 2. The lowest BCUT2D eigenvalue weighted by Gasteiger charge is -2.05. The molecule has 6 heteroatoms. The van der Waals surface area contributed by atoms with Crippen LogP contribution in [0.1, 0.15) is 29.2 Å². The molecule has 3 N–H and O–H groups in total. The SMILES string of the molecule is CC(C)Cc1ccc2c(N)c(C(=O)Nc3cnc4ccccc4c3)sc2n1. The molecule has 0 saturated carbocycles. The largest absolute Gasteiger partial charge is 0.397 e. The Labute approximate surface area is 161 Å². The van der Waals surface area contributed by atoms with Gasteiger partial charge in [-0.15, -0.1) is 11.3 Å². The zero-order chi connectivity index (χ0) is 19.0. The van der Waals surface area contributed by atoms with Gasteiger partial charge in [-0.25, -0.2) is 4.98 Å². The second-order valence-electron chi connectivity index (χ2n) is 6.97. The number of nitrogen functional groups attached to an aromatic ring is 1. The van der Waals surface area contributed by atoms with E-state index >= 15 is 0 Å². The van der Waals surface area contributed by atoms with Crippen molar-refractivity contribution in [3.8, 4) is 0 Å². The van der Waals surface area contributed by atoms with Gasteiger partial charge < -0.3 is 11.1 Å². The molecule has 27 heavy (non-hydrogen) atoms. The Morgan fingerprint density at radius 3 is 2.85 bits per heavy atom. The fourth-order valence-corrected chi connectivity index (χ4v) is 4.07. The summed E-state index contributed by atoms with van der Waals surface area (Å²) in [5.74, 6) is 0.286. The smallest absolute Gasteiger partial charge is 0.267 e. The van der Waals surface area contributed by atoms with E-state index in [9.17, 15) is 4.79 Å². The van der Waals surface area contributed by atoms with Crippen LogP contribution >= 0.6 is 11.3 Å². The van der Waals surface area contributed by atoms with Gasteiger partial charge in [0, 0.05) is 16.5 Å². The minimum atomic E-state index is -0.238. The molecule has 0 spiro atoms. The quantitative estimate of drug-likeness (QED) is 0.532. The van der Waals surface area contributed by atoms with Gasteiger partial charge >= 0.3 is 0 Å². The molecule has 0 aliphatic rings. The van der Waals surface area contributed by atoms with E-state index in [2.05, 4.69) is 29.1 Å². The number of para-hydroxylation sites is 1. The molecule has 1 amide bonds. The number of pyridine rings is 2. The summed E-state index contributed by atoms with van der Waals surface area (Å²) in [6.45, 7) is 4.32. The van der Waals surface area contributed by atoms with Gasteiger partial charge in [0.2, 0.25) is 0 Å². The lowest BCUT2D eigenvalue weighted by molar-refractivity contribution is 0.103. The van der Waals surface area contributed by atoms with Gasteiger partial charge in [0.05, 0.1) is 23.1 Å². The Kier molecular flexibility index (Phi) is 4.49. The van der Waals surface area contributed by atoms with Crippen molar-refractivity contribution < 1.29 is 4.79 Å². The number of anilines is 2. The van der Waals surface area contributed by atoms with Crippen molar-refractivity contribution in [3.63, 3.8) is 0 Å². The first kappa shape index (κ1) is 17.4. The molecule has 0 radical (unpaired) electrons. The molecule has 0 aliphatic heterocycles. The van der Waals surface area contributed by atoms with Crippen LogP contribution < -0.4 is 11.1 Å². The monoisotopic (exact) mass is 376 g/mol. The van der Waals surface area contributed by atoms with Crippen LogP contribution in [-0.4, -0.2) is 15.9 Å². The fourth-order valence-electron chi connectivity index (χ4n) is 3.06. The van der Waals surface area contributed by atoms with Crippen LogP contribution in [0.3, 0.4) is 0 Å². The molecule has 5 nitrogen and oxygen atoms in total. The lowest BCUT2D eigenvalue weighted by Crippen LogP contribution is -2.12. The van der Waals surface area contributed by atoms with E-state index in [0.29, 0.717) is 22.2 Å². The summed E-state index contributed by atoms with van der Waals surface area (Å²) in [7, 11) is 0. The summed E-state index contributed by atoms with van der Waals surface area (Å²) in [4.78, 5) is 23.1. The molecular formula is C21H20N4OS. The summed E-state index contributed by atoms with van der Waals surface area (Å²) < 4.78 is 0. The average Bonchev–Trinajstić information content (AvgIpc) is 2.97. The van der Waals surface area contributed by atoms with Crippen LogP contribution in [0.2, 0.25) is 0 Å². The Balaban J connectivity index is 1.64. The number of carbonyl (C=O) groups is 1. The van der Waals surface area contributed by atoms with Gasteiger partial charge in [0.15, 0.2) is 0 Å². The molecule has 136 valence electrons. The first-order valence-corrected chi connectivity index (χ1v) is 9.67. The molecule has 3 aromatic heterocycles. The van der Waals surface area contributed by atoms with E-state index in [1.165, 1.54) is 11.3 Å². The van der Waals surface area contributed by atoms with Gasteiger partial charge in [-0.3, -0.25) is 9.78 Å². The van der Waals surface area contributed by atoms with Crippen molar-refractivity contribution in [3.05, 3.63) is 59.2 Å². The number of carbonyl (C=O) groups excluding carboxylic acids is 1. The molecule has 4 aromatic rings. The number of fused-ring (bicyclic) bond motifs is 2. The van der Waals surface area contributed by atoms with Gasteiger partial charge in [-0.2, -0.15) is 0 Å². The van der Waals surface area contributed by atoms with Crippen molar-refractivity contribution >= 4 is 49.7 Å². The Bertz CT molecular complexity index is 1150. The third-order valence-electron chi connectivity index (χ3n) is 4.32. The minimum absolute atomic E-state index is 0.238. The van der Waals surface area contributed by atoms with E-state index in [1.807, 2.05) is 42.5 Å². The number of rotatable bonds is 4. The molecule has 0 saturated heterocycles. The molecule has 1 aromatic carbocycles. The topological polar surface area (TPSA) is 80.9 Å². The number of hydrogen-bond donors (Lipinski definition) is 2. The Morgan fingerprint density at radius 1 is 1.22 bits per heavy atom. The van der Waals surface area contributed by atoms with Gasteiger partial charge in [0.25, 0.3) is 5.91 Å². The molecule has 0 fully saturated rings. The summed E-state index contributed by atoms with van der Waals surface area (Å²) >= 11 is 1.33. The lowest BCUT2D eigenvalue weighted by atomic mass is 10.1. The van der Waals surface area contributed by atoms with Crippen LogP contribution in [0.25, 0.3) is 21.1 Å². The Morgan fingerprint density at radius 2 is 2.04 bits per heavy atom. The minimum Gasteiger partial charge on any atom is -0.397 e. The van der Waals surface area contributed by atoms with Gasteiger partial charge in [-0.1, -0.05) is 32.0 Å². The van der Waals surface area contributed by atoms with Crippen molar-refractivity contribution in [2.75, 3.05) is 11.1 Å². The van der Waals surface area contributed by atoms with Gasteiger partial charge in [0.1, 0.15) is 9.71 Å². The first-order chi connectivity index (χ1) is 13.0. The third-order valence-corrected chi connectivity index (χ3v) is 5.44. The summed E-state index contributed by atoms with van der Waals surface area (Å²) in [6.07, 6.45) is 2.56. The zero-order valence-electron chi connectivity index (χ0n) is 15.2. The molecule has 3 heterocycles. The van der Waals surface area contributed by atoms with Crippen LogP contribution in [0, 0.1) is 5.92 Å². The Hall–Kier alpha value is -2.99. The number of amides is 1. The summed E-state index contributed by atoms with van der Waals surface area (Å²) in [6, 6.07) is 13.6. The zero-order valence-corrected chi connectivity index (χ0v) is 16.0. The van der Waals surface area contributed by atoms with E-state index < -0.39 is 0 Å². The van der Waals surface area contributed by atoms with Crippen molar-refractivity contribution in [2.45, 2.75) is 20.3 Å². The highest BCUT2D eigenvalue weighted by Crippen LogP contribution is 2.33. The number of nitrogens with one attached hydrogen (secondary N) is 1. The fraction of sp³-hybridized carbons (Fsp3) is 0.190. The van der Waals surface area contributed by atoms with E-state index in [1.54, 1.807) is 6.20 Å². The maximum atomic E-state index is 12.8. The molecule has 0 atom stereocenters.